The summed E-state index contributed by atoms with van der Waals surface area (Å²) in [6.07, 6.45) is 5.42. The summed E-state index contributed by atoms with van der Waals surface area (Å²) in [6.45, 7) is 2.82. The molecule has 0 aliphatic carbocycles. The van der Waals surface area contributed by atoms with Crippen molar-refractivity contribution in [2.24, 2.45) is 5.73 Å². The van der Waals surface area contributed by atoms with Crippen LogP contribution in [0.5, 0.6) is 0 Å². The number of carbonyl (C=O) groups excluding carboxylic acids is 1. The van der Waals surface area contributed by atoms with Crippen LogP contribution in [0.4, 0.5) is 5.82 Å². The summed E-state index contributed by atoms with van der Waals surface area (Å²) in [6, 6.07) is 2.08. The highest BCUT2D eigenvalue weighted by Crippen LogP contribution is 2.36. The zero-order chi connectivity index (χ0) is 14.1. The van der Waals surface area contributed by atoms with Gasteiger partial charge in [0.05, 0.1) is 12.2 Å². The number of aryl methyl sites for hydroxylation is 1. The number of primary amides is 1. The minimum atomic E-state index is -0.420. The molecule has 3 heterocycles. The average molecular weight is 289 g/mol. The Labute approximate surface area is 120 Å². The molecule has 0 bridgehead atoms. The van der Waals surface area contributed by atoms with E-state index in [0.29, 0.717) is 4.88 Å². The smallest absolute Gasteiger partial charge is 0.260 e. The van der Waals surface area contributed by atoms with Gasteiger partial charge in [0, 0.05) is 12.7 Å². The minimum absolute atomic E-state index is 0.169. The lowest BCUT2D eigenvalue weighted by atomic mass is 10.2. The molecule has 6 nitrogen and oxygen atoms in total. The number of carbonyl (C=O) groups is 1. The van der Waals surface area contributed by atoms with Crippen molar-refractivity contribution >= 4 is 23.1 Å². The van der Waals surface area contributed by atoms with Gasteiger partial charge in [0.15, 0.2) is 0 Å². The first kappa shape index (κ1) is 13.0. The van der Waals surface area contributed by atoms with Gasteiger partial charge in [-0.1, -0.05) is 0 Å². The van der Waals surface area contributed by atoms with E-state index in [2.05, 4.69) is 19.9 Å². The van der Waals surface area contributed by atoms with Gasteiger partial charge in [0.25, 0.3) is 5.91 Å². The standard InChI is InChI=1S/C13H15N5OS/c1-8-15-5-4-11(17-8)18-6-2-3-9(18)13-16-7-10(20-13)12(14)19/h4-5,7,9H,2-3,6H2,1H3,(H2,14,19)/t9-/m0/s1. The van der Waals surface area contributed by atoms with E-state index in [9.17, 15) is 4.79 Å². The molecule has 1 saturated heterocycles. The zero-order valence-electron chi connectivity index (χ0n) is 11.1. The van der Waals surface area contributed by atoms with Crippen LogP contribution in [-0.4, -0.2) is 27.4 Å². The fraction of sp³-hybridized carbons (Fsp3) is 0.385. The molecule has 1 atom stereocenters. The molecule has 2 aromatic heterocycles. The molecule has 0 aromatic carbocycles. The van der Waals surface area contributed by atoms with Crippen LogP contribution in [0.15, 0.2) is 18.5 Å². The summed E-state index contributed by atoms with van der Waals surface area (Å²) in [5, 5.41) is 0.924. The summed E-state index contributed by atoms with van der Waals surface area (Å²) in [5.41, 5.74) is 5.29. The van der Waals surface area contributed by atoms with E-state index in [1.165, 1.54) is 11.3 Å². The molecule has 7 heteroatoms. The van der Waals surface area contributed by atoms with Crippen LogP contribution in [0.25, 0.3) is 0 Å². The lowest BCUT2D eigenvalue weighted by Gasteiger charge is -2.24. The number of nitrogens with zero attached hydrogens (tertiary/aromatic N) is 4. The van der Waals surface area contributed by atoms with E-state index in [0.717, 1.165) is 36.0 Å². The SMILES string of the molecule is Cc1nccc(N2CCC[C@H]2c2ncc(C(N)=O)s2)n1. The molecule has 0 saturated carbocycles. The van der Waals surface area contributed by atoms with Crippen LogP contribution in [-0.2, 0) is 0 Å². The summed E-state index contributed by atoms with van der Waals surface area (Å²) in [7, 11) is 0. The Balaban J connectivity index is 1.90. The van der Waals surface area contributed by atoms with Crippen LogP contribution < -0.4 is 10.6 Å². The number of amides is 1. The van der Waals surface area contributed by atoms with E-state index in [1.807, 2.05) is 13.0 Å². The largest absolute Gasteiger partial charge is 0.365 e. The highest BCUT2D eigenvalue weighted by Gasteiger charge is 2.29. The van der Waals surface area contributed by atoms with Crippen LogP contribution in [0.1, 0.15) is 39.4 Å². The molecule has 2 N–H and O–H groups in total. The maximum Gasteiger partial charge on any atom is 0.260 e. The highest BCUT2D eigenvalue weighted by atomic mass is 32.1. The molecule has 20 heavy (non-hydrogen) atoms. The first-order valence-electron chi connectivity index (χ1n) is 6.47. The number of rotatable bonds is 3. The quantitative estimate of drug-likeness (QED) is 0.929. The van der Waals surface area contributed by atoms with Gasteiger partial charge in [-0.05, 0) is 25.8 Å². The Hall–Kier alpha value is -2.02. The van der Waals surface area contributed by atoms with Crippen LogP contribution in [0.3, 0.4) is 0 Å². The predicted octanol–water partition coefficient (Wildman–Crippen LogP) is 1.68. The average Bonchev–Trinajstić information content (AvgIpc) is 3.07. The van der Waals surface area contributed by atoms with Crippen molar-refractivity contribution in [3.63, 3.8) is 0 Å². The number of anilines is 1. The fourth-order valence-corrected chi connectivity index (χ4v) is 3.37. The van der Waals surface area contributed by atoms with Crippen LogP contribution in [0.2, 0.25) is 0 Å². The molecule has 1 amide bonds. The maximum atomic E-state index is 11.2. The molecule has 2 aromatic rings. The van der Waals surface area contributed by atoms with Gasteiger partial charge >= 0.3 is 0 Å². The second-order valence-electron chi connectivity index (χ2n) is 4.74. The summed E-state index contributed by atoms with van der Waals surface area (Å²) in [4.78, 5) is 26.9. The topological polar surface area (TPSA) is 85.0 Å². The normalized spacial score (nSPS) is 18.4. The van der Waals surface area contributed by atoms with Gasteiger partial charge in [-0.15, -0.1) is 11.3 Å². The Morgan fingerprint density at radius 3 is 3.05 bits per heavy atom. The Bertz CT molecular complexity index is 641. The molecule has 1 aliphatic rings. The molecule has 0 radical (unpaired) electrons. The van der Waals surface area contributed by atoms with Crippen molar-refractivity contribution < 1.29 is 4.79 Å². The summed E-state index contributed by atoms with van der Waals surface area (Å²) in [5.74, 6) is 1.25. The van der Waals surface area contributed by atoms with E-state index in [-0.39, 0.29) is 6.04 Å². The first-order valence-corrected chi connectivity index (χ1v) is 7.28. The molecule has 104 valence electrons. The molecular weight excluding hydrogens is 274 g/mol. The van der Waals surface area contributed by atoms with Gasteiger partial charge < -0.3 is 10.6 Å². The number of thiazole rings is 1. The molecule has 1 fully saturated rings. The third kappa shape index (κ3) is 2.36. The second kappa shape index (κ2) is 5.16. The molecule has 3 rings (SSSR count). The monoisotopic (exact) mass is 289 g/mol. The van der Waals surface area contributed by atoms with E-state index in [4.69, 9.17) is 5.73 Å². The Kier molecular flexibility index (Phi) is 3.35. The van der Waals surface area contributed by atoms with E-state index in [1.54, 1.807) is 12.4 Å². The third-order valence-corrected chi connectivity index (χ3v) is 4.47. The van der Waals surface area contributed by atoms with Crippen LogP contribution >= 0.6 is 11.3 Å². The van der Waals surface area contributed by atoms with Crippen molar-refractivity contribution in [2.75, 3.05) is 11.4 Å². The van der Waals surface area contributed by atoms with Crippen molar-refractivity contribution in [3.05, 3.63) is 34.2 Å². The number of hydrogen-bond acceptors (Lipinski definition) is 6. The van der Waals surface area contributed by atoms with E-state index >= 15 is 0 Å². The van der Waals surface area contributed by atoms with Gasteiger partial charge in [0.1, 0.15) is 21.5 Å². The maximum absolute atomic E-state index is 11.2. The van der Waals surface area contributed by atoms with Crippen molar-refractivity contribution in [2.45, 2.75) is 25.8 Å². The van der Waals surface area contributed by atoms with Crippen molar-refractivity contribution in [3.8, 4) is 0 Å². The Morgan fingerprint density at radius 1 is 1.50 bits per heavy atom. The predicted molar refractivity (Wildman–Crippen MR) is 76.7 cm³/mol. The van der Waals surface area contributed by atoms with Gasteiger partial charge in [0.2, 0.25) is 0 Å². The fourth-order valence-electron chi connectivity index (χ4n) is 2.46. The summed E-state index contributed by atoms with van der Waals surface area (Å²) < 4.78 is 0. The number of aromatic nitrogens is 3. The van der Waals surface area contributed by atoms with Crippen LogP contribution in [0, 0.1) is 6.92 Å². The zero-order valence-corrected chi connectivity index (χ0v) is 11.9. The summed E-state index contributed by atoms with van der Waals surface area (Å²) >= 11 is 1.37. The second-order valence-corrected chi connectivity index (χ2v) is 5.80. The molecular formula is C13H15N5OS. The first-order chi connectivity index (χ1) is 9.65. The highest BCUT2D eigenvalue weighted by molar-refractivity contribution is 7.13. The van der Waals surface area contributed by atoms with Gasteiger partial charge in [-0.3, -0.25) is 4.79 Å². The number of nitrogens with two attached hydrogens (primary N) is 1. The molecule has 0 spiro atoms. The third-order valence-electron chi connectivity index (χ3n) is 3.36. The Morgan fingerprint density at radius 2 is 2.35 bits per heavy atom. The lowest BCUT2D eigenvalue weighted by Crippen LogP contribution is -2.23. The van der Waals surface area contributed by atoms with Crippen molar-refractivity contribution in [1.29, 1.82) is 0 Å². The van der Waals surface area contributed by atoms with Gasteiger partial charge in [-0.25, -0.2) is 15.0 Å². The van der Waals surface area contributed by atoms with Gasteiger partial charge in [-0.2, -0.15) is 0 Å². The van der Waals surface area contributed by atoms with E-state index < -0.39 is 5.91 Å². The van der Waals surface area contributed by atoms with Crippen molar-refractivity contribution in [1.82, 2.24) is 15.0 Å². The molecule has 0 unspecified atom stereocenters. The minimum Gasteiger partial charge on any atom is -0.365 e. The molecule has 1 aliphatic heterocycles. The lowest BCUT2D eigenvalue weighted by molar-refractivity contribution is 0.100. The number of hydrogen-bond donors (Lipinski definition) is 1.